The van der Waals surface area contributed by atoms with Crippen LogP contribution < -0.4 is 15.0 Å². The predicted molar refractivity (Wildman–Crippen MR) is 158 cm³/mol. The van der Waals surface area contributed by atoms with Gasteiger partial charge in [0.25, 0.3) is 5.69 Å². The number of non-ortho nitro benzene ring substituents is 1. The van der Waals surface area contributed by atoms with E-state index in [9.17, 15) is 10.1 Å². The summed E-state index contributed by atoms with van der Waals surface area (Å²) < 4.78 is 8.07. The number of hydrogen-bond donors (Lipinski definition) is 1. The fourth-order valence-electron chi connectivity index (χ4n) is 4.96. The summed E-state index contributed by atoms with van der Waals surface area (Å²) in [5.74, 6) is 1.49. The molecule has 1 N–H and O–H groups in total. The Kier molecular flexibility index (Phi) is 6.71. The molecule has 8 nitrogen and oxygen atoms in total. The minimum atomic E-state index is -0.398. The lowest BCUT2D eigenvalue weighted by molar-refractivity contribution is -0.384. The van der Waals surface area contributed by atoms with E-state index in [-0.39, 0.29) is 17.8 Å². The van der Waals surface area contributed by atoms with Crippen LogP contribution in [0.15, 0.2) is 116 Å². The number of benzene rings is 3. The SMILES string of the molecule is Cc1ccc(Oc2ccc(N3C(=S)NC(c4ccccn4)C3c3cccn3-c3ccc([N+](=O)[O-])cc3)cc2)cc1. The second-order valence-electron chi connectivity index (χ2n) is 9.48. The summed E-state index contributed by atoms with van der Waals surface area (Å²) in [5.41, 5.74) is 4.73. The topological polar surface area (TPSA) is 85.5 Å². The first-order valence-corrected chi connectivity index (χ1v) is 13.2. The molecular weight excluding hydrogens is 522 g/mol. The fourth-order valence-corrected chi connectivity index (χ4v) is 5.30. The number of aromatic nitrogens is 2. The van der Waals surface area contributed by atoms with Gasteiger partial charge in [-0.3, -0.25) is 15.1 Å². The summed E-state index contributed by atoms with van der Waals surface area (Å²) >= 11 is 5.88. The largest absolute Gasteiger partial charge is 0.457 e. The molecule has 198 valence electrons. The molecule has 1 aliphatic rings. The number of nitrogens with zero attached hydrogens (tertiary/aromatic N) is 4. The van der Waals surface area contributed by atoms with Gasteiger partial charge < -0.3 is 19.5 Å². The third-order valence-corrected chi connectivity index (χ3v) is 7.21. The van der Waals surface area contributed by atoms with Crippen LogP contribution in [0, 0.1) is 17.0 Å². The summed E-state index contributed by atoms with van der Waals surface area (Å²) in [6.07, 6.45) is 3.72. The average molecular weight is 548 g/mol. The minimum Gasteiger partial charge on any atom is -0.457 e. The molecule has 1 fully saturated rings. The van der Waals surface area contributed by atoms with Crippen molar-refractivity contribution in [3.05, 3.63) is 143 Å². The maximum Gasteiger partial charge on any atom is 0.269 e. The van der Waals surface area contributed by atoms with Crippen LogP contribution in [-0.2, 0) is 0 Å². The zero-order valence-electron chi connectivity index (χ0n) is 21.5. The van der Waals surface area contributed by atoms with E-state index < -0.39 is 4.92 Å². The number of pyridine rings is 1. The Morgan fingerprint density at radius 3 is 2.20 bits per heavy atom. The predicted octanol–water partition coefficient (Wildman–Crippen LogP) is 7.06. The minimum absolute atomic E-state index is 0.0436. The van der Waals surface area contributed by atoms with E-state index in [4.69, 9.17) is 17.0 Å². The Bertz CT molecular complexity index is 1650. The first-order chi connectivity index (χ1) is 19.5. The molecule has 2 atom stereocenters. The molecular formula is C31H25N5O3S. The van der Waals surface area contributed by atoms with Crippen molar-refractivity contribution in [1.82, 2.24) is 14.9 Å². The lowest BCUT2D eigenvalue weighted by Gasteiger charge is -2.29. The molecule has 1 aliphatic heterocycles. The van der Waals surface area contributed by atoms with Crippen LogP contribution in [0.1, 0.15) is 29.0 Å². The van der Waals surface area contributed by atoms with Gasteiger partial charge in [-0.25, -0.2) is 0 Å². The van der Waals surface area contributed by atoms with Gasteiger partial charge in [-0.05, 0) is 91.9 Å². The lowest BCUT2D eigenvalue weighted by Crippen LogP contribution is -2.30. The highest BCUT2D eigenvalue weighted by Gasteiger charge is 2.42. The number of thiocarbonyl (C=S) groups is 1. The molecule has 0 bridgehead atoms. The van der Waals surface area contributed by atoms with Crippen LogP contribution in [0.25, 0.3) is 5.69 Å². The normalized spacial score (nSPS) is 16.5. The van der Waals surface area contributed by atoms with Crippen LogP contribution in [0.5, 0.6) is 11.5 Å². The van der Waals surface area contributed by atoms with Gasteiger partial charge in [-0.15, -0.1) is 0 Å². The number of anilines is 1. The first-order valence-electron chi connectivity index (χ1n) is 12.8. The van der Waals surface area contributed by atoms with Gasteiger partial charge in [0, 0.05) is 41.6 Å². The number of ether oxygens (including phenoxy) is 1. The van der Waals surface area contributed by atoms with Crippen molar-refractivity contribution in [3.63, 3.8) is 0 Å². The zero-order chi connectivity index (χ0) is 27.6. The van der Waals surface area contributed by atoms with E-state index in [1.807, 2.05) is 96.6 Å². The molecule has 40 heavy (non-hydrogen) atoms. The molecule has 3 heterocycles. The van der Waals surface area contributed by atoms with Crippen molar-refractivity contribution in [2.75, 3.05) is 4.90 Å². The molecule has 0 amide bonds. The van der Waals surface area contributed by atoms with Gasteiger partial charge in [-0.1, -0.05) is 23.8 Å². The molecule has 6 rings (SSSR count). The van der Waals surface area contributed by atoms with Gasteiger partial charge in [0.2, 0.25) is 0 Å². The maximum atomic E-state index is 11.2. The van der Waals surface area contributed by atoms with Crippen molar-refractivity contribution in [1.29, 1.82) is 0 Å². The highest BCUT2D eigenvalue weighted by Crippen LogP contribution is 2.42. The van der Waals surface area contributed by atoms with E-state index in [1.165, 1.54) is 17.7 Å². The van der Waals surface area contributed by atoms with Gasteiger partial charge in [0.05, 0.1) is 16.7 Å². The maximum absolute atomic E-state index is 11.2. The van der Waals surface area contributed by atoms with E-state index in [1.54, 1.807) is 18.3 Å². The Labute approximate surface area is 236 Å². The molecule has 0 spiro atoms. The first kappa shape index (κ1) is 25.3. The standard InChI is InChI=1S/C31H25N5O3S/c1-21-7-15-25(16-8-21)39-26-17-13-23(14-18-26)35-30(29(33-31(35)40)27-5-2-3-19-32-27)28-6-4-20-34(28)22-9-11-24(12-10-22)36(37)38/h2-20,29-30H,1H3,(H,33,40). The Balaban J connectivity index is 1.38. The number of rotatable bonds is 7. The average Bonchev–Trinajstić information content (AvgIpc) is 3.59. The Morgan fingerprint density at radius 2 is 1.55 bits per heavy atom. The Hall–Kier alpha value is -5.02. The number of aryl methyl sites for hydroxylation is 1. The second-order valence-corrected chi connectivity index (χ2v) is 9.87. The quantitative estimate of drug-likeness (QED) is 0.133. The number of nitro groups is 1. The summed E-state index contributed by atoms with van der Waals surface area (Å²) in [5, 5.41) is 15.3. The number of nitro benzene ring substituents is 1. The van der Waals surface area contributed by atoms with Crippen molar-refractivity contribution >= 4 is 28.7 Å². The summed E-state index contributed by atoms with van der Waals surface area (Å²) in [6.45, 7) is 2.04. The summed E-state index contributed by atoms with van der Waals surface area (Å²) in [4.78, 5) is 17.5. The van der Waals surface area contributed by atoms with Gasteiger partial charge >= 0.3 is 0 Å². The third kappa shape index (κ3) is 4.90. The van der Waals surface area contributed by atoms with Crippen molar-refractivity contribution in [2.45, 2.75) is 19.0 Å². The summed E-state index contributed by atoms with van der Waals surface area (Å²) in [6, 6.07) is 31.6. The molecule has 9 heteroatoms. The second kappa shape index (κ2) is 10.6. The number of nitrogens with one attached hydrogen (secondary N) is 1. The number of hydrogen-bond acceptors (Lipinski definition) is 5. The van der Waals surface area contributed by atoms with Crippen LogP contribution >= 0.6 is 12.2 Å². The molecule has 2 unspecified atom stereocenters. The highest BCUT2D eigenvalue weighted by molar-refractivity contribution is 7.80. The molecule has 0 aliphatic carbocycles. The van der Waals surface area contributed by atoms with Gasteiger partial charge in [-0.2, -0.15) is 0 Å². The molecule has 0 radical (unpaired) electrons. The van der Waals surface area contributed by atoms with Crippen LogP contribution in [0.4, 0.5) is 11.4 Å². The monoisotopic (exact) mass is 547 g/mol. The van der Waals surface area contributed by atoms with Crippen LogP contribution in [0.3, 0.4) is 0 Å². The zero-order valence-corrected chi connectivity index (χ0v) is 22.4. The molecule has 3 aromatic carbocycles. The summed E-state index contributed by atoms with van der Waals surface area (Å²) in [7, 11) is 0. The lowest BCUT2D eigenvalue weighted by atomic mass is 10.0. The van der Waals surface area contributed by atoms with E-state index in [2.05, 4.69) is 15.2 Å². The third-order valence-electron chi connectivity index (χ3n) is 6.89. The molecule has 1 saturated heterocycles. The fraction of sp³-hybridized carbons (Fsp3) is 0.0968. The van der Waals surface area contributed by atoms with E-state index in [0.717, 1.165) is 34.3 Å². The molecule has 0 saturated carbocycles. The van der Waals surface area contributed by atoms with E-state index >= 15 is 0 Å². The molecule has 5 aromatic rings. The van der Waals surface area contributed by atoms with E-state index in [0.29, 0.717) is 5.11 Å². The van der Waals surface area contributed by atoms with Crippen molar-refractivity contribution in [3.8, 4) is 17.2 Å². The highest BCUT2D eigenvalue weighted by atomic mass is 32.1. The Morgan fingerprint density at radius 1 is 0.875 bits per heavy atom. The van der Waals surface area contributed by atoms with Gasteiger partial charge in [0.15, 0.2) is 5.11 Å². The van der Waals surface area contributed by atoms with Crippen LogP contribution in [-0.4, -0.2) is 19.6 Å². The van der Waals surface area contributed by atoms with Crippen molar-refractivity contribution < 1.29 is 9.66 Å². The van der Waals surface area contributed by atoms with Gasteiger partial charge in [0.1, 0.15) is 17.5 Å². The van der Waals surface area contributed by atoms with Crippen LogP contribution in [0.2, 0.25) is 0 Å². The smallest absolute Gasteiger partial charge is 0.269 e. The van der Waals surface area contributed by atoms with Crippen molar-refractivity contribution in [2.24, 2.45) is 0 Å². The molecule has 2 aromatic heterocycles.